The molecule has 4 nitrogen and oxygen atoms in total. The molecule has 1 N–H and O–H groups in total. The van der Waals surface area contributed by atoms with Crippen molar-refractivity contribution in [3.05, 3.63) is 35.4 Å². The van der Waals surface area contributed by atoms with Crippen LogP contribution in [0.3, 0.4) is 0 Å². The summed E-state index contributed by atoms with van der Waals surface area (Å²) in [5.74, 6) is 1.04. The number of nitrogens with zero attached hydrogens (tertiary/aromatic N) is 2. The van der Waals surface area contributed by atoms with Crippen LogP contribution in [-0.2, 0) is 10.2 Å². The second-order valence-electron chi connectivity index (χ2n) is 7.51. The van der Waals surface area contributed by atoms with Crippen molar-refractivity contribution in [3.63, 3.8) is 0 Å². The molecule has 0 aliphatic carbocycles. The average Bonchev–Trinajstić information content (AvgIpc) is 2.60. The van der Waals surface area contributed by atoms with E-state index in [0.717, 1.165) is 51.6 Å². The van der Waals surface area contributed by atoms with Crippen molar-refractivity contribution in [2.24, 2.45) is 4.99 Å². The van der Waals surface area contributed by atoms with Crippen molar-refractivity contribution >= 4 is 29.9 Å². The van der Waals surface area contributed by atoms with Crippen LogP contribution >= 0.6 is 24.0 Å². The first-order valence-electron chi connectivity index (χ1n) is 9.69. The number of guanidine groups is 1. The van der Waals surface area contributed by atoms with Gasteiger partial charge in [0.1, 0.15) is 0 Å². The highest BCUT2D eigenvalue weighted by Crippen LogP contribution is 2.26. The second-order valence-corrected chi connectivity index (χ2v) is 7.51. The van der Waals surface area contributed by atoms with Crippen LogP contribution in [0.2, 0.25) is 0 Å². The van der Waals surface area contributed by atoms with E-state index in [1.807, 2.05) is 0 Å². The Hall–Kier alpha value is -0.820. The van der Waals surface area contributed by atoms with Gasteiger partial charge in [0, 0.05) is 31.7 Å². The number of aliphatic imine (C=N–C) groups is 1. The predicted molar refractivity (Wildman–Crippen MR) is 122 cm³/mol. The van der Waals surface area contributed by atoms with E-state index in [-0.39, 0.29) is 29.4 Å². The number of benzene rings is 1. The molecule has 0 unspecified atom stereocenters. The maximum Gasteiger partial charge on any atom is 0.193 e. The fourth-order valence-corrected chi connectivity index (χ4v) is 3.59. The summed E-state index contributed by atoms with van der Waals surface area (Å²) >= 11 is 0. The van der Waals surface area contributed by atoms with E-state index < -0.39 is 0 Å². The summed E-state index contributed by atoms with van der Waals surface area (Å²) in [6, 6.07) is 8.64. The van der Waals surface area contributed by atoms with Crippen molar-refractivity contribution in [2.45, 2.75) is 59.0 Å². The molecule has 0 radical (unpaired) electrons. The Kier molecular flexibility index (Phi) is 9.93. The van der Waals surface area contributed by atoms with Crippen LogP contribution in [0.4, 0.5) is 0 Å². The highest BCUT2D eigenvalue weighted by molar-refractivity contribution is 14.0. The van der Waals surface area contributed by atoms with Gasteiger partial charge in [-0.3, -0.25) is 4.99 Å². The Labute approximate surface area is 176 Å². The third-order valence-electron chi connectivity index (χ3n) is 4.98. The maximum absolute atomic E-state index is 5.77. The normalized spacial score (nSPS) is 16.3. The SMILES string of the molecule is CCNC(=NCC(C)(C)c1ccccc1C)N1CCC(OCC)CC1.I. The largest absolute Gasteiger partial charge is 0.378 e. The molecular formula is C21H36IN3O. The Morgan fingerprint density at radius 1 is 1.23 bits per heavy atom. The number of hydrogen-bond donors (Lipinski definition) is 1. The maximum atomic E-state index is 5.77. The van der Waals surface area contributed by atoms with Gasteiger partial charge >= 0.3 is 0 Å². The minimum Gasteiger partial charge on any atom is -0.378 e. The van der Waals surface area contributed by atoms with Crippen molar-refractivity contribution in [3.8, 4) is 0 Å². The molecule has 2 rings (SSSR count). The van der Waals surface area contributed by atoms with Gasteiger partial charge in [-0.2, -0.15) is 0 Å². The smallest absolute Gasteiger partial charge is 0.193 e. The summed E-state index contributed by atoms with van der Waals surface area (Å²) in [5.41, 5.74) is 2.74. The molecule has 148 valence electrons. The van der Waals surface area contributed by atoms with Crippen molar-refractivity contribution < 1.29 is 4.74 Å². The Bertz CT molecular complexity index is 566. The molecule has 0 aromatic heterocycles. The summed E-state index contributed by atoms with van der Waals surface area (Å²) in [5, 5.41) is 3.47. The number of ether oxygens (including phenoxy) is 1. The fourth-order valence-electron chi connectivity index (χ4n) is 3.59. The lowest BCUT2D eigenvalue weighted by Gasteiger charge is -2.34. The monoisotopic (exact) mass is 473 g/mol. The van der Waals surface area contributed by atoms with E-state index in [1.165, 1.54) is 11.1 Å². The Balaban J connectivity index is 0.00000338. The van der Waals surface area contributed by atoms with Crippen LogP contribution in [0.25, 0.3) is 0 Å². The van der Waals surface area contributed by atoms with Crippen LogP contribution in [0, 0.1) is 6.92 Å². The molecule has 0 spiro atoms. The molecule has 0 saturated carbocycles. The van der Waals surface area contributed by atoms with Crippen LogP contribution in [0.1, 0.15) is 51.7 Å². The van der Waals surface area contributed by atoms with Gasteiger partial charge in [-0.1, -0.05) is 38.1 Å². The van der Waals surface area contributed by atoms with E-state index in [9.17, 15) is 0 Å². The van der Waals surface area contributed by atoms with Gasteiger partial charge in [-0.15, -0.1) is 24.0 Å². The first-order chi connectivity index (χ1) is 12.0. The molecule has 0 atom stereocenters. The van der Waals surface area contributed by atoms with Crippen molar-refractivity contribution in [1.82, 2.24) is 10.2 Å². The average molecular weight is 473 g/mol. The van der Waals surface area contributed by atoms with Crippen molar-refractivity contribution in [1.29, 1.82) is 0 Å². The molecule has 1 aromatic carbocycles. The zero-order valence-electron chi connectivity index (χ0n) is 17.0. The highest BCUT2D eigenvalue weighted by Gasteiger charge is 2.25. The number of nitrogens with one attached hydrogen (secondary N) is 1. The summed E-state index contributed by atoms with van der Waals surface area (Å²) in [6.07, 6.45) is 2.58. The standard InChI is InChI=1S/C21H35N3O.HI/c1-6-22-20(24-14-12-18(13-15-24)25-7-2)23-16-21(4,5)19-11-9-8-10-17(19)3;/h8-11,18H,6-7,12-16H2,1-5H3,(H,22,23);1H. The summed E-state index contributed by atoms with van der Waals surface area (Å²) in [4.78, 5) is 7.37. The van der Waals surface area contributed by atoms with Crippen LogP contribution < -0.4 is 5.32 Å². The van der Waals surface area contributed by atoms with Gasteiger partial charge in [0.15, 0.2) is 5.96 Å². The third-order valence-corrected chi connectivity index (χ3v) is 4.98. The molecule has 1 aliphatic heterocycles. The summed E-state index contributed by atoms with van der Waals surface area (Å²) in [7, 11) is 0. The van der Waals surface area contributed by atoms with Gasteiger partial charge in [-0.25, -0.2) is 0 Å². The zero-order valence-corrected chi connectivity index (χ0v) is 19.4. The molecule has 1 saturated heterocycles. The second kappa shape index (κ2) is 11.1. The topological polar surface area (TPSA) is 36.9 Å². The molecule has 0 bridgehead atoms. The predicted octanol–water partition coefficient (Wildman–Crippen LogP) is 4.36. The number of piperidine rings is 1. The molecule has 1 aliphatic rings. The van der Waals surface area contributed by atoms with E-state index >= 15 is 0 Å². The Morgan fingerprint density at radius 3 is 2.46 bits per heavy atom. The first kappa shape index (κ1) is 23.2. The quantitative estimate of drug-likeness (QED) is 0.379. The summed E-state index contributed by atoms with van der Waals surface area (Å²) < 4.78 is 5.77. The lowest BCUT2D eigenvalue weighted by molar-refractivity contribution is 0.0263. The molecule has 1 fully saturated rings. The lowest BCUT2D eigenvalue weighted by Crippen LogP contribution is -2.47. The minimum absolute atomic E-state index is 0. The fraction of sp³-hybridized carbons (Fsp3) is 0.667. The summed E-state index contributed by atoms with van der Waals surface area (Å²) in [6.45, 7) is 15.5. The highest BCUT2D eigenvalue weighted by atomic mass is 127. The minimum atomic E-state index is 0. The van der Waals surface area contributed by atoms with E-state index in [1.54, 1.807) is 0 Å². The van der Waals surface area contributed by atoms with Gasteiger partial charge in [0.05, 0.1) is 12.6 Å². The molecule has 5 heteroatoms. The van der Waals surface area contributed by atoms with E-state index in [0.29, 0.717) is 6.10 Å². The van der Waals surface area contributed by atoms with Crippen molar-refractivity contribution in [2.75, 3.05) is 32.8 Å². The zero-order chi connectivity index (χ0) is 18.3. The van der Waals surface area contributed by atoms with Crippen LogP contribution in [-0.4, -0.2) is 49.7 Å². The van der Waals surface area contributed by atoms with E-state index in [2.05, 4.69) is 69.1 Å². The third kappa shape index (κ3) is 6.41. The van der Waals surface area contributed by atoms with Crippen LogP contribution in [0.5, 0.6) is 0 Å². The number of aryl methyl sites for hydroxylation is 1. The lowest BCUT2D eigenvalue weighted by atomic mass is 9.82. The number of hydrogen-bond acceptors (Lipinski definition) is 2. The molecule has 0 amide bonds. The Morgan fingerprint density at radius 2 is 1.88 bits per heavy atom. The first-order valence-corrected chi connectivity index (χ1v) is 9.69. The van der Waals surface area contributed by atoms with Gasteiger partial charge in [0.25, 0.3) is 0 Å². The molecule has 26 heavy (non-hydrogen) atoms. The van der Waals surface area contributed by atoms with Gasteiger partial charge in [-0.05, 0) is 44.7 Å². The number of halogens is 1. The van der Waals surface area contributed by atoms with Gasteiger partial charge in [0.2, 0.25) is 0 Å². The van der Waals surface area contributed by atoms with Crippen LogP contribution in [0.15, 0.2) is 29.3 Å². The van der Waals surface area contributed by atoms with E-state index in [4.69, 9.17) is 9.73 Å². The molecule has 1 heterocycles. The molecular weight excluding hydrogens is 437 g/mol. The number of rotatable bonds is 6. The molecule has 1 aromatic rings. The van der Waals surface area contributed by atoms with Gasteiger partial charge < -0.3 is 15.0 Å². The number of likely N-dealkylation sites (tertiary alicyclic amines) is 1.